The van der Waals surface area contributed by atoms with Crippen molar-refractivity contribution in [1.82, 2.24) is 20.2 Å². The molecule has 0 aliphatic carbocycles. The van der Waals surface area contributed by atoms with Gasteiger partial charge in [-0.15, -0.1) is 5.10 Å². The van der Waals surface area contributed by atoms with Gasteiger partial charge in [0, 0.05) is 24.7 Å². The summed E-state index contributed by atoms with van der Waals surface area (Å²) in [6.45, 7) is 0.676. The Balaban J connectivity index is 1.95. The lowest BCUT2D eigenvalue weighted by Gasteiger charge is -2.07. The molecule has 0 spiro atoms. The molecule has 1 heterocycles. The van der Waals surface area contributed by atoms with Gasteiger partial charge in [0.05, 0.1) is 0 Å². The maximum absolute atomic E-state index is 11.9. The quantitative estimate of drug-likeness (QED) is 0.749. The Morgan fingerprint density at radius 1 is 1.33 bits per heavy atom. The van der Waals surface area contributed by atoms with Crippen molar-refractivity contribution in [2.45, 2.75) is 25.7 Å². The zero-order chi connectivity index (χ0) is 15.1. The SMILES string of the molecule is Cn1nnnc1-c1cccc(NC(=O)CCCCCN)c1. The monoisotopic (exact) mass is 288 g/mol. The van der Waals surface area contributed by atoms with Crippen LogP contribution in [-0.2, 0) is 11.8 Å². The summed E-state index contributed by atoms with van der Waals surface area (Å²) in [6, 6.07) is 7.49. The highest BCUT2D eigenvalue weighted by atomic mass is 16.1. The van der Waals surface area contributed by atoms with Crippen LogP contribution in [0.25, 0.3) is 11.4 Å². The van der Waals surface area contributed by atoms with Crippen molar-refractivity contribution in [3.63, 3.8) is 0 Å². The van der Waals surface area contributed by atoms with Crippen LogP contribution in [0, 0.1) is 0 Å². The third-order valence-corrected chi connectivity index (χ3v) is 3.13. The second-order valence-electron chi connectivity index (χ2n) is 4.85. The summed E-state index contributed by atoms with van der Waals surface area (Å²) in [5, 5.41) is 14.3. The molecule has 0 atom stereocenters. The van der Waals surface area contributed by atoms with Crippen LogP contribution in [0.1, 0.15) is 25.7 Å². The first-order valence-corrected chi connectivity index (χ1v) is 7.03. The van der Waals surface area contributed by atoms with Gasteiger partial charge in [-0.25, -0.2) is 4.68 Å². The van der Waals surface area contributed by atoms with Crippen molar-refractivity contribution >= 4 is 11.6 Å². The molecule has 0 fully saturated rings. The molecule has 1 aromatic heterocycles. The molecule has 7 nitrogen and oxygen atoms in total. The fourth-order valence-corrected chi connectivity index (χ4v) is 2.04. The number of hydrogen-bond donors (Lipinski definition) is 2. The van der Waals surface area contributed by atoms with Gasteiger partial charge < -0.3 is 11.1 Å². The standard InChI is InChI=1S/C14H20N6O/c1-20-14(17-18-19-20)11-6-5-7-12(10-11)16-13(21)8-3-2-4-9-15/h5-7,10H,2-4,8-9,15H2,1H3,(H,16,21). The average Bonchev–Trinajstić information content (AvgIpc) is 2.90. The number of anilines is 1. The third kappa shape index (κ3) is 4.35. The van der Waals surface area contributed by atoms with E-state index in [9.17, 15) is 4.79 Å². The smallest absolute Gasteiger partial charge is 0.224 e. The van der Waals surface area contributed by atoms with E-state index in [1.165, 1.54) is 0 Å². The minimum Gasteiger partial charge on any atom is -0.330 e. The molecular formula is C14H20N6O. The number of carbonyl (C=O) groups excluding carboxylic acids is 1. The fourth-order valence-electron chi connectivity index (χ4n) is 2.04. The number of benzene rings is 1. The number of nitrogens with two attached hydrogens (primary N) is 1. The Bertz CT molecular complexity index is 595. The minimum absolute atomic E-state index is 0.0141. The zero-order valence-electron chi connectivity index (χ0n) is 12.1. The molecule has 1 amide bonds. The van der Waals surface area contributed by atoms with Gasteiger partial charge in [0.2, 0.25) is 5.91 Å². The van der Waals surface area contributed by atoms with E-state index in [1.54, 1.807) is 11.7 Å². The van der Waals surface area contributed by atoms with Crippen LogP contribution >= 0.6 is 0 Å². The summed E-state index contributed by atoms with van der Waals surface area (Å²) in [7, 11) is 1.78. The lowest BCUT2D eigenvalue weighted by Crippen LogP contribution is -2.11. The Morgan fingerprint density at radius 3 is 2.90 bits per heavy atom. The maximum atomic E-state index is 11.9. The van der Waals surface area contributed by atoms with Crippen molar-refractivity contribution in [1.29, 1.82) is 0 Å². The van der Waals surface area contributed by atoms with E-state index in [4.69, 9.17) is 5.73 Å². The number of aromatic nitrogens is 4. The Kier molecular flexibility index (Phi) is 5.39. The maximum Gasteiger partial charge on any atom is 0.224 e. The van der Waals surface area contributed by atoms with Gasteiger partial charge in [-0.2, -0.15) is 0 Å². The summed E-state index contributed by atoms with van der Waals surface area (Å²) in [6.07, 6.45) is 3.31. The van der Waals surface area contributed by atoms with Crippen LogP contribution in [0.2, 0.25) is 0 Å². The first-order chi connectivity index (χ1) is 10.2. The normalized spacial score (nSPS) is 10.6. The van der Waals surface area contributed by atoms with Crippen LogP contribution in [0.4, 0.5) is 5.69 Å². The first-order valence-electron chi connectivity index (χ1n) is 7.03. The molecule has 3 N–H and O–H groups in total. The van der Waals surface area contributed by atoms with Crippen molar-refractivity contribution in [3.8, 4) is 11.4 Å². The predicted molar refractivity (Wildman–Crippen MR) is 80.4 cm³/mol. The highest BCUT2D eigenvalue weighted by Gasteiger charge is 2.08. The number of nitrogens with one attached hydrogen (secondary N) is 1. The number of tetrazole rings is 1. The lowest BCUT2D eigenvalue weighted by molar-refractivity contribution is -0.116. The summed E-state index contributed by atoms with van der Waals surface area (Å²) in [5.74, 6) is 0.675. The van der Waals surface area contributed by atoms with Crippen molar-refractivity contribution in [2.24, 2.45) is 12.8 Å². The molecule has 0 aliphatic rings. The van der Waals surface area contributed by atoms with Crippen molar-refractivity contribution in [2.75, 3.05) is 11.9 Å². The van der Waals surface area contributed by atoms with E-state index in [2.05, 4.69) is 20.8 Å². The molecule has 7 heteroatoms. The molecule has 0 radical (unpaired) electrons. The Labute approximate surface area is 123 Å². The number of nitrogens with zero attached hydrogens (tertiary/aromatic N) is 4. The second-order valence-corrected chi connectivity index (χ2v) is 4.85. The summed E-state index contributed by atoms with van der Waals surface area (Å²) >= 11 is 0. The topological polar surface area (TPSA) is 98.7 Å². The molecule has 0 saturated carbocycles. The third-order valence-electron chi connectivity index (χ3n) is 3.13. The minimum atomic E-state index is 0.0141. The molecule has 21 heavy (non-hydrogen) atoms. The van der Waals surface area contributed by atoms with Gasteiger partial charge in [-0.1, -0.05) is 18.6 Å². The van der Waals surface area contributed by atoms with Crippen LogP contribution in [0.3, 0.4) is 0 Å². The molecule has 0 saturated heterocycles. The highest BCUT2D eigenvalue weighted by molar-refractivity contribution is 5.91. The number of unbranched alkanes of at least 4 members (excludes halogenated alkanes) is 2. The molecule has 2 rings (SSSR count). The molecule has 2 aromatic rings. The van der Waals surface area contributed by atoms with Crippen LogP contribution in [0.15, 0.2) is 24.3 Å². The van der Waals surface area contributed by atoms with Crippen LogP contribution in [-0.4, -0.2) is 32.7 Å². The largest absolute Gasteiger partial charge is 0.330 e. The number of carbonyl (C=O) groups is 1. The summed E-state index contributed by atoms with van der Waals surface area (Å²) in [4.78, 5) is 11.9. The van der Waals surface area contributed by atoms with Crippen molar-refractivity contribution in [3.05, 3.63) is 24.3 Å². The molecule has 0 unspecified atom stereocenters. The van der Waals surface area contributed by atoms with E-state index in [1.807, 2.05) is 24.3 Å². The molecule has 0 aliphatic heterocycles. The fraction of sp³-hybridized carbons (Fsp3) is 0.429. The first kappa shape index (κ1) is 15.1. The van der Waals surface area contributed by atoms with Gasteiger partial charge in [-0.05, 0) is 41.9 Å². The van der Waals surface area contributed by atoms with E-state index in [0.29, 0.717) is 18.8 Å². The van der Waals surface area contributed by atoms with E-state index < -0.39 is 0 Å². The van der Waals surface area contributed by atoms with E-state index >= 15 is 0 Å². The van der Waals surface area contributed by atoms with Gasteiger partial charge >= 0.3 is 0 Å². The Hall–Kier alpha value is -2.28. The van der Waals surface area contributed by atoms with Gasteiger partial charge in [0.25, 0.3) is 0 Å². The molecule has 112 valence electrons. The average molecular weight is 288 g/mol. The zero-order valence-corrected chi connectivity index (χ0v) is 12.1. The molecule has 1 aromatic carbocycles. The Morgan fingerprint density at radius 2 is 2.19 bits per heavy atom. The summed E-state index contributed by atoms with van der Waals surface area (Å²) < 4.78 is 1.59. The van der Waals surface area contributed by atoms with Crippen LogP contribution in [0.5, 0.6) is 0 Å². The number of amides is 1. The van der Waals surface area contributed by atoms with E-state index in [-0.39, 0.29) is 5.91 Å². The number of aryl methyl sites for hydroxylation is 1. The van der Waals surface area contributed by atoms with Gasteiger partial charge in [-0.3, -0.25) is 4.79 Å². The summed E-state index contributed by atoms with van der Waals surface area (Å²) in [5.41, 5.74) is 7.04. The predicted octanol–water partition coefficient (Wildman–Crippen LogP) is 1.33. The van der Waals surface area contributed by atoms with Gasteiger partial charge in [0.15, 0.2) is 5.82 Å². The van der Waals surface area contributed by atoms with Gasteiger partial charge in [0.1, 0.15) is 0 Å². The second kappa shape index (κ2) is 7.49. The highest BCUT2D eigenvalue weighted by Crippen LogP contribution is 2.19. The lowest BCUT2D eigenvalue weighted by atomic mass is 10.1. The van der Waals surface area contributed by atoms with Crippen molar-refractivity contribution < 1.29 is 4.79 Å². The van der Waals surface area contributed by atoms with Crippen LogP contribution < -0.4 is 11.1 Å². The molecular weight excluding hydrogens is 268 g/mol. The van der Waals surface area contributed by atoms with E-state index in [0.717, 1.165) is 30.5 Å². The number of rotatable bonds is 7. The molecule has 0 bridgehead atoms. The number of hydrogen-bond acceptors (Lipinski definition) is 5.